The number of nitrogens with zero attached hydrogens (tertiary/aromatic N) is 1. The van der Waals surface area contributed by atoms with Crippen molar-refractivity contribution >= 4 is 23.9 Å². The van der Waals surface area contributed by atoms with Crippen LogP contribution < -0.4 is 5.32 Å². The summed E-state index contributed by atoms with van der Waals surface area (Å²) in [6.45, 7) is 0. The van der Waals surface area contributed by atoms with Crippen LogP contribution in [0.1, 0.15) is 17.0 Å². The second kappa shape index (κ2) is 4.91. The number of hydrogen-bond acceptors (Lipinski definition) is 6. The highest BCUT2D eigenvalue weighted by Crippen LogP contribution is 2.08. The number of carbonyl (C=O) groups is 3. The first-order chi connectivity index (χ1) is 7.52. The molecule has 16 heavy (non-hydrogen) atoms. The van der Waals surface area contributed by atoms with E-state index < -0.39 is 30.0 Å². The van der Waals surface area contributed by atoms with Gasteiger partial charge in [-0.25, -0.2) is 9.78 Å². The number of ether oxygens (including phenoxy) is 1. The van der Waals surface area contributed by atoms with Crippen LogP contribution in [0.3, 0.4) is 0 Å². The normalized spacial score (nSPS) is 9.56. The van der Waals surface area contributed by atoms with Crippen LogP contribution in [0, 0.1) is 0 Å². The van der Waals surface area contributed by atoms with Gasteiger partial charge in [-0.15, -0.1) is 0 Å². The third-order valence-corrected chi connectivity index (χ3v) is 1.50. The molecule has 1 aromatic heterocycles. The number of esters is 1. The van der Waals surface area contributed by atoms with E-state index in [-0.39, 0.29) is 6.01 Å². The van der Waals surface area contributed by atoms with Gasteiger partial charge in [-0.05, 0) is 0 Å². The Morgan fingerprint density at radius 1 is 1.56 bits per heavy atom. The second-order valence-corrected chi connectivity index (χ2v) is 2.64. The molecular weight excluding hydrogens is 220 g/mol. The highest BCUT2D eigenvalue weighted by Gasteiger charge is 2.14. The van der Waals surface area contributed by atoms with Gasteiger partial charge < -0.3 is 14.3 Å². The van der Waals surface area contributed by atoms with Crippen molar-refractivity contribution in [1.29, 1.82) is 0 Å². The Labute approximate surface area is 89.2 Å². The molecule has 0 saturated carbocycles. The molecule has 0 aliphatic rings. The van der Waals surface area contributed by atoms with Gasteiger partial charge in [0.05, 0.1) is 13.3 Å². The van der Waals surface area contributed by atoms with Crippen LogP contribution in [-0.4, -0.2) is 35.0 Å². The van der Waals surface area contributed by atoms with E-state index in [1.54, 1.807) is 0 Å². The summed E-state index contributed by atoms with van der Waals surface area (Å²) in [6, 6.07) is -0.286. The molecule has 0 radical (unpaired) electrons. The lowest BCUT2D eigenvalue weighted by Crippen LogP contribution is -2.17. The van der Waals surface area contributed by atoms with Crippen molar-refractivity contribution in [3.63, 3.8) is 0 Å². The Bertz CT molecular complexity index is 424. The van der Waals surface area contributed by atoms with E-state index in [2.05, 4.69) is 19.5 Å². The van der Waals surface area contributed by atoms with Crippen LogP contribution in [0.25, 0.3) is 0 Å². The van der Waals surface area contributed by atoms with E-state index in [1.807, 2.05) is 0 Å². The fourth-order valence-corrected chi connectivity index (χ4v) is 0.798. The summed E-state index contributed by atoms with van der Waals surface area (Å²) in [4.78, 5) is 35.7. The van der Waals surface area contributed by atoms with Crippen molar-refractivity contribution in [2.24, 2.45) is 0 Å². The fourth-order valence-electron chi connectivity index (χ4n) is 0.798. The molecule has 0 aliphatic carbocycles. The first-order valence-electron chi connectivity index (χ1n) is 4.08. The number of oxazole rings is 1. The van der Waals surface area contributed by atoms with E-state index in [9.17, 15) is 14.4 Å². The molecule has 0 saturated heterocycles. The lowest BCUT2D eigenvalue weighted by molar-refractivity contribution is -0.142. The molecule has 1 aromatic rings. The Morgan fingerprint density at radius 3 is 2.75 bits per heavy atom. The fraction of sp³-hybridized carbons (Fsp3) is 0.250. The van der Waals surface area contributed by atoms with Gasteiger partial charge >= 0.3 is 18.0 Å². The first-order valence-corrected chi connectivity index (χ1v) is 4.08. The van der Waals surface area contributed by atoms with Gasteiger partial charge in [0, 0.05) is 0 Å². The molecule has 0 spiro atoms. The number of carboxylic acids is 1. The third-order valence-electron chi connectivity index (χ3n) is 1.50. The van der Waals surface area contributed by atoms with Crippen molar-refractivity contribution in [2.75, 3.05) is 12.4 Å². The second-order valence-electron chi connectivity index (χ2n) is 2.64. The van der Waals surface area contributed by atoms with Crippen molar-refractivity contribution < 1.29 is 28.6 Å². The van der Waals surface area contributed by atoms with Crippen LogP contribution in [0.4, 0.5) is 6.01 Å². The maximum absolute atomic E-state index is 11.1. The predicted octanol–water partition coefficient (Wildman–Crippen LogP) is -0.126. The van der Waals surface area contributed by atoms with Crippen LogP contribution in [0.15, 0.2) is 10.6 Å². The minimum absolute atomic E-state index is 0.286. The van der Waals surface area contributed by atoms with E-state index in [0.29, 0.717) is 0 Å². The number of anilines is 1. The lowest BCUT2D eigenvalue weighted by atomic mass is 10.4. The minimum atomic E-state index is -1.30. The quantitative estimate of drug-likeness (QED) is 0.544. The smallest absolute Gasteiger partial charge is 0.373 e. The number of hydrogen-bond donors (Lipinski definition) is 2. The molecule has 1 heterocycles. The Balaban J connectivity index is 2.56. The van der Waals surface area contributed by atoms with E-state index >= 15 is 0 Å². The molecule has 86 valence electrons. The standard InChI is InChI=1S/C8H8N2O6/c1-15-6(12)2-5(11)10-8-9-3-4(16-8)7(13)14/h3H,2H2,1H3,(H,13,14)(H,9,10,11). The van der Waals surface area contributed by atoms with Crippen molar-refractivity contribution in [3.8, 4) is 0 Å². The molecule has 0 aromatic carbocycles. The first kappa shape index (κ1) is 11.7. The zero-order valence-electron chi connectivity index (χ0n) is 8.22. The maximum atomic E-state index is 11.1. The van der Waals surface area contributed by atoms with Gasteiger partial charge in [0.1, 0.15) is 6.42 Å². The van der Waals surface area contributed by atoms with Gasteiger partial charge in [0.2, 0.25) is 11.7 Å². The monoisotopic (exact) mass is 228 g/mol. The predicted molar refractivity (Wildman–Crippen MR) is 48.7 cm³/mol. The number of carbonyl (C=O) groups excluding carboxylic acids is 2. The number of amides is 1. The lowest BCUT2D eigenvalue weighted by Gasteiger charge is -1.98. The number of nitrogens with one attached hydrogen (secondary N) is 1. The summed E-state index contributed by atoms with van der Waals surface area (Å²) in [5.74, 6) is -3.14. The van der Waals surface area contributed by atoms with Gasteiger partial charge in [0.25, 0.3) is 0 Å². The van der Waals surface area contributed by atoms with Crippen molar-refractivity contribution in [3.05, 3.63) is 12.0 Å². The molecule has 0 bridgehead atoms. The SMILES string of the molecule is COC(=O)CC(=O)Nc1ncc(C(=O)O)o1. The van der Waals surface area contributed by atoms with Crippen LogP contribution >= 0.6 is 0 Å². The number of methoxy groups -OCH3 is 1. The van der Waals surface area contributed by atoms with Crippen LogP contribution in [0.5, 0.6) is 0 Å². The molecule has 8 nitrogen and oxygen atoms in total. The van der Waals surface area contributed by atoms with Crippen LogP contribution in [-0.2, 0) is 14.3 Å². The molecule has 2 N–H and O–H groups in total. The zero-order chi connectivity index (χ0) is 12.1. The van der Waals surface area contributed by atoms with Gasteiger partial charge in [-0.2, -0.15) is 0 Å². The number of aromatic carboxylic acids is 1. The molecule has 0 aliphatic heterocycles. The number of carboxylic acid groups (broad SMARTS) is 1. The molecule has 8 heteroatoms. The maximum Gasteiger partial charge on any atom is 0.373 e. The number of aromatic nitrogens is 1. The summed E-state index contributed by atoms with van der Waals surface area (Å²) in [5, 5.41) is 10.6. The molecule has 1 amide bonds. The highest BCUT2D eigenvalue weighted by molar-refractivity contribution is 6.00. The average Bonchev–Trinajstić information content (AvgIpc) is 2.65. The van der Waals surface area contributed by atoms with Gasteiger partial charge in [-0.1, -0.05) is 0 Å². The highest BCUT2D eigenvalue weighted by atomic mass is 16.5. The zero-order valence-corrected chi connectivity index (χ0v) is 8.22. The summed E-state index contributed by atoms with van der Waals surface area (Å²) < 4.78 is 8.89. The van der Waals surface area contributed by atoms with Crippen molar-refractivity contribution in [2.45, 2.75) is 6.42 Å². The number of rotatable bonds is 4. The van der Waals surface area contributed by atoms with Crippen molar-refractivity contribution in [1.82, 2.24) is 4.98 Å². The summed E-state index contributed by atoms with van der Waals surface area (Å²) >= 11 is 0. The molecule has 0 unspecified atom stereocenters. The van der Waals surface area contributed by atoms with Gasteiger partial charge in [-0.3, -0.25) is 14.9 Å². The van der Waals surface area contributed by atoms with E-state index in [1.165, 1.54) is 0 Å². The molecule has 0 atom stereocenters. The Hall–Kier alpha value is -2.38. The summed E-state index contributed by atoms with van der Waals surface area (Å²) in [5.41, 5.74) is 0. The Kier molecular flexibility index (Phi) is 3.59. The summed E-state index contributed by atoms with van der Waals surface area (Å²) in [6.07, 6.45) is 0.442. The van der Waals surface area contributed by atoms with Gasteiger partial charge in [0.15, 0.2) is 0 Å². The topological polar surface area (TPSA) is 119 Å². The van der Waals surface area contributed by atoms with E-state index in [0.717, 1.165) is 13.3 Å². The average molecular weight is 228 g/mol. The van der Waals surface area contributed by atoms with E-state index in [4.69, 9.17) is 5.11 Å². The minimum Gasteiger partial charge on any atom is -0.475 e. The molecular formula is C8H8N2O6. The van der Waals surface area contributed by atoms with Crippen LogP contribution in [0.2, 0.25) is 0 Å². The molecule has 0 fully saturated rings. The Morgan fingerprint density at radius 2 is 2.25 bits per heavy atom. The molecule has 1 rings (SSSR count). The third kappa shape index (κ3) is 3.08. The largest absolute Gasteiger partial charge is 0.475 e. The summed E-state index contributed by atoms with van der Waals surface area (Å²) in [7, 11) is 1.14.